The van der Waals surface area contributed by atoms with Crippen molar-refractivity contribution in [1.82, 2.24) is 10.7 Å². The van der Waals surface area contributed by atoms with E-state index in [1.165, 1.54) is 0 Å². The molecule has 5 heteroatoms. The van der Waals surface area contributed by atoms with Crippen molar-refractivity contribution in [2.75, 3.05) is 5.73 Å². The number of hydrazone groups is 1. The largest absolute Gasteiger partial charge is 0.399 e. The van der Waals surface area contributed by atoms with Gasteiger partial charge in [-0.15, -0.1) is 0 Å². The second-order valence-electron chi connectivity index (χ2n) is 4.89. The highest BCUT2D eigenvalue weighted by atomic mass is 16.1. The normalized spacial score (nSPS) is 16.4. The van der Waals surface area contributed by atoms with Crippen molar-refractivity contribution in [1.29, 1.82) is 0 Å². The fourth-order valence-corrected chi connectivity index (χ4v) is 2.38. The standard InChI is InChI=1S/C16H16N4O/c17-12-5-3-4-11(8-12)9-18-16-14-7-2-1-6-13(14)15(10-21)19-20-16/h1-8,10,15,19H,9,17H2,(H,18,20). The first-order chi connectivity index (χ1) is 10.3. The highest BCUT2D eigenvalue weighted by Gasteiger charge is 2.21. The van der Waals surface area contributed by atoms with Crippen molar-refractivity contribution in [3.05, 3.63) is 65.2 Å². The average Bonchev–Trinajstić information content (AvgIpc) is 2.52. The summed E-state index contributed by atoms with van der Waals surface area (Å²) in [6.07, 6.45) is 0.858. The monoisotopic (exact) mass is 280 g/mol. The fourth-order valence-electron chi connectivity index (χ4n) is 2.38. The Morgan fingerprint density at radius 3 is 2.90 bits per heavy atom. The molecule has 1 unspecified atom stereocenters. The zero-order valence-corrected chi connectivity index (χ0v) is 11.4. The van der Waals surface area contributed by atoms with Crippen molar-refractivity contribution in [2.24, 2.45) is 5.10 Å². The van der Waals surface area contributed by atoms with E-state index < -0.39 is 0 Å². The van der Waals surface area contributed by atoms with Gasteiger partial charge >= 0.3 is 0 Å². The van der Waals surface area contributed by atoms with Gasteiger partial charge in [0.25, 0.3) is 0 Å². The third-order valence-corrected chi connectivity index (χ3v) is 3.41. The molecule has 0 spiro atoms. The lowest BCUT2D eigenvalue weighted by Crippen LogP contribution is -2.34. The van der Waals surface area contributed by atoms with Gasteiger partial charge in [-0.05, 0) is 23.3 Å². The minimum atomic E-state index is -0.390. The van der Waals surface area contributed by atoms with Gasteiger partial charge in [-0.3, -0.25) is 5.43 Å². The maximum atomic E-state index is 11.1. The molecule has 1 atom stereocenters. The minimum Gasteiger partial charge on any atom is -0.399 e. The number of anilines is 1. The number of hydrogen-bond donors (Lipinski definition) is 3. The summed E-state index contributed by atoms with van der Waals surface area (Å²) < 4.78 is 0. The van der Waals surface area contributed by atoms with E-state index in [0.29, 0.717) is 6.54 Å². The van der Waals surface area contributed by atoms with E-state index in [1.54, 1.807) is 0 Å². The Hall–Kier alpha value is -2.82. The molecule has 5 nitrogen and oxygen atoms in total. The van der Waals surface area contributed by atoms with Crippen LogP contribution in [-0.4, -0.2) is 12.1 Å². The van der Waals surface area contributed by atoms with Gasteiger partial charge in [0, 0.05) is 17.8 Å². The summed E-state index contributed by atoms with van der Waals surface area (Å²) in [5.41, 5.74) is 12.3. The summed E-state index contributed by atoms with van der Waals surface area (Å²) >= 11 is 0. The number of amidine groups is 1. The van der Waals surface area contributed by atoms with E-state index in [0.717, 1.165) is 34.5 Å². The molecule has 3 rings (SSSR count). The van der Waals surface area contributed by atoms with Gasteiger partial charge < -0.3 is 15.8 Å². The summed E-state index contributed by atoms with van der Waals surface area (Å²) in [5, 5.41) is 7.54. The van der Waals surface area contributed by atoms with Crippen LogP contribution in [0.25, 0.3) is 0 Å². The number of aldehydes is 1. The highest BCUT2D eigenvalue weighted by Crippen LogP contribution is 2.20. The lowest BCUT2D eigenvalue weighted by Gasteiger charge is -2.23. The lowest BCUT2D eigenvalue weighted by molar-refractivity contribution is -0.109. The second-order valence-corrected chi connectivity index (χ2v) is 4.89. The summed E-state index contributed by atoms with van der Waals surface area (Å²) in [7, 11) is 0. The molecule has 1 aliphatic rings. The molecule has 21 heavy (non-hydrogen) atoms. The molecule has 0 saturated carbocycles. The van der Waals surface area contributed by atoms with Gasteiger partial charge in [0.2, 0.25) is 0 Å². The van der Waals surface area contributed by atoms with Crippen LogP contribution >= 0.6 is 0 Å². The first-order valence-corrected chi connectivity index (χ1v) is 6.74. The van der Waals surface area contributed by atoms with Gasteiger partial charge in [0.05, 0.1) is 0 Å². The van der Waals surface area contributed by atoms with Crippen LogP contribution in [0.2, 0.25) is 0 Å². The lowest BCUT2D eigenvalue weighted by atomic mass is 9.99. The maximum Gasteiger partial charge on any atom is 0.153 e. The molecule has 2 aromatic carbocycles. The summed E-state index contributed by atoms with van der Waals surface area (Å²) in [6, 6.07) is 15.0. The molecule has 4 N–H and O–H groups in total. The number of rotatable bonds is 3. The Balaban J connectivity index is 1.80. The molecule has 2 aromatic rings. The second kappa shape index (κ2) is 5.66. The van der Waals surface area contributed by atoms with Crippen molar-refractivity contribution in [3.8, 4) is 0 Å². The molecule has 0 amide bonds. The molecule has 0 radical (unpaired) electrons. The number of fused-ring (bicyclic) bond motifs is 1. The molecule has 0 fully saturated rings. The smallest absolute Gasteiger partial charge is 0.153 e. The summed E-state index contributed by atoms with van der Waals surface area (Å²) in [5.74, 6) is 0.728. The number of hydrogen-bond acceptors (Lipinski definition) is 5. The number of nitrogens with zero attached hydrogens (tertiary/aromatic N) is 1. The summed E-state index contributed by atoms with van der Waals surface area (Å²) in [6.45, 7) is 0.617. The summed E-state index contributed by atoms with van der Waals surface area (Å²) in [4.78, 5) is 11.1. The van der Waals surface area contributed by atoms with E-state index in [9.17, 15) is 4.79 Å². The molecule has 0 bridgehead atoms. The Morgan fingerprint density at radius 1 is 1.24 bits per heavy atom. The predicted octanol–water partition coefficient (Wildman–Crippen LogP) is 1.56. The van der Waals surface area contributed by atoms with Crippen LogP contribution in [0, 0.1) is 0 Å². The van der Waals surface area contributed by atoms with Gasteiger partial charge in [-0.2, -0.15) is 5.10 Å². The quantitative estimate of drug-likeness (QED) is 0.589. The molecular weight excluding hydrogens is 264 g/mol. The van der Waals surface area contributed by atoms with Crippen LogP contribution in [0.1, 0.15) is 22.7 Å². The molecule has 0 aliphatic carbocycles. The third-order valence-electron chi connectivity index (χ3n) is 3.41. The van der Waals surface area contributed by atoms with Gasteiger partial charge in [0.15, 0.2) is 5.84 Å². The van der Waals surface area contributed by atoms with Crippen molar-refractivity contribution < 1.29 is 4.79 Å². The van der Waals surface area contributed by atoms with Crippen LogP contribution in [-0.2, 0) is 11.3 Å². The molecular formula is C16H16N4O. The van der Waals surface area contributed by atoms with Gasteiger partial charge in [-0.25, -0.2) is 0 Å². The van der Waals surface area contributed by atoms with Gasteiger partial charge in [0.1, 0.15) is 12.3 Å². The van der Waals surface area contributed by atoms with Crippen LogP contribution in [0.5, 0.6) is 0 Å². The Morgan fingerprint density at radius 2 is 2.10 bits per heavy atom. The predicted molar refractivity (Wildman–Crippen MR) is 82.6 cm³/mol. The maximum absolute atomic E-state index is 11.1. The van der Waals surface area contributed by atoms with Crippen LogP contribution in [0.15, 0.2) is 53.6 Å². The number of carbonyl (C=O) groups excluding carboxylic acids is 1. The van der Waals surface area contributed by atoms with Crippen molar-refractivity contribution in [2.45, 2.75) is 12.6 Å². The van der Waals surface area contributed by atoms with E-state index in [2.05, 4.69) is 15.8 Å². The van der Waals surface area contributed by atoms with Crippen LogP contribution < -0.4 is 16.5 Å². The zero-order valence-electron chi connectivity index (χ0n) is 11.4. The molecule has 1 heterocycles. The van der Waals surface area contributed by atoms with Gasteiger partial charge in [-0.1, -0.05) is 36.4 Å². The van der Waals surface area contributed by atoms with E-state index >= 15 is 0 Å². The zero-order chi connectivity index (χ0) is 14.7. The molecule has 1 aliphatic heterocycles. The number of carbonyl (C=O) groups is 1. The Kier molecular flexibility index (Phi) is 3.55. The van der Waals surface area contributed by atoms with Crippen LogP contribution in [0.3, 0.4) is 0 Å². The molecule has 106 valence electrons. The number of nitrogens with two attached hydrogens (primary N) is 1. The van der Waals surface area contributed by atoms with Crippen LogP contribution in [0.4, 0.5) is 5.69 Å². The number of benzene rings is 2. The molecule has 0 aromatic heterocycles. The fraction of sp³-hybridized carbons (Fsp3) is 0.125. The van der Waals surface area contributed by atoms with E-state index in [4.69, 9.17) is 5.73 Å². The SMILES string of the molecule is Nc1cccc(CNC2=NNC(C=O)c3ccccc32)c1. The number of nitrogen functional groups attached to an aromatic ring is 1. The minimum absolute atomic E-state index is 0.390. The highest BCUT2D eigenvalue weighted by molar-refractivity contribution is 6.01. The average molecular weight is 280 g/mol. The number of nitrogens with one attached hydrogen (secondary N) is 2. The topological polar surface area (TPSA) is 79.5 Å². The Labute approximate surface area is 122 Å². The third kappa shape index (κ3) is 2.72. The first kappa shape index (κ1) is 13.2. The Bertz CT molecular complexity index is 696. The van der Waals surface area contributed by atoms with E-state index in [1.807, 2.05) is 48.5 Å². The van der Waals surface area contributed by atoms with Crippen molar-refractivity contribution in [3.63, 3.8) is 0 Å². The van der Waals surface area contributed by atoms with E-state index in [-0.39, 0.29) is 6.04 Å². The van der Waals surface area contributed by atoms with Crippen molar-refractivity contribution >= 4 is 17.8 Å². The first-order valence-electron chi connectivity index (χ1n) is 6.74. The molecule has 0 saturated heterocycles.